The minimum Gasteiger partial charge on any atom is -0.392 e. The Bertz CT molecular complexity index is 282. The summed E-state index contributed by atoms with van der Waals surface area (Å²) in [5.74, 6) is 0. The predicted octanol–water partition coefficient (Wildman–Crippen LogP) is 1.08. The number of pyridine rings is 1. The molecule has 0 bridgehead atoms. The molecule has 1 N–H and O–H groups in total. The monoisotopic (exact) mass is 193 g/mol. The van der Waals surface area contributed by atoms with Gasteiger partial charge in [-0.1, -0.05) is 30.9 Å². The second-order valence-electron chi connectivity index (χ2n) is 3.52. The fourth-order valence-electron chi connectivity index (χ4n) is 1.18. The van der Waals surface area contributed by atoms with Crippen molar-refractivity contribution in [3.63, 3.8) is 0 Å². The molecular formula is C10H15NOSi. The van der Waals surface area contributed by atoms with Gasteiger partial charge in [-0.25, -0.2) is 0 Å². The fourth-order valence-corrected chi connectivity index (χ4v) is 2.98. The van der Waals surface area contributed by atoms with Crippen LogP contribution in [-0.2, 0) is 0 Å². The highest BCUT2D eigenvalue weighted by atomic mass is 28.3. The summed E-state index contributed by atoms with van der Waals surface area (Å²) in [4.78, 5) is 4.33. The van der Waals surface area contributed by atoms with Gasteiger partial charge in [0.25, 0.3) is 0 Å². The van der Waals surface area contributed by atoms with E-state index in [4.69, 9.17) is 5.11 Å². The van der Waals surface area contributed by atoms with Crippen LogP contribution >= 0.6 is 0 Å². The lowest BCUT2D eigenvalue weighted by Gasteiger charge is -2.16. The van der Waals surface area contributed by atoms with E-state index >= 15 is 0 Å². The summed E-state index contributed by atoms with van der Waals surface area (Å²) in [6.45, 7) is 4.53. The summed E-state index contributed by atoms with van der Waals surface area (Å²) in [6, 6.07) is 5.97. The molecule has 0 saturated heterocycles. The lowest BCUT2D eigenvalue weighted by Crippen LogP contribution is -2.41. The molecule has 3 heteroatoms. The molecule has 0 fully saturated rings. The Balaban J connectivity index is 2.87. The van der Waals surface area contributed by atoms with Gasteiger partial charge in [0, 0.05) is 11.5 Å². The number of nitrogens with zero attached hydrogens (tertiary/aromatic N) is 1. The van der Waals surface area contributed by atoms with Crippen molar-refractivity contribution in [1.82, 2.24) is 4.98 Å². The highest BCUT2D eigenvalue weighted by Gasteiger charge is 2.20. The van der Waals surface area contributed by atoms with Gasteiger partial charge in [-0.3, -0.25) is 4.98 Å². The van der Waals surface area contributed by atoms with Crippen LogP contribution in [0.3, 0.4) is 0 Å². The molecule has 0 atom stereocenters. The Morgan fingerprint density at radius 3 is 2.77 bits per heavy atom. The molecule has 1 rings (SSSR count). The van der Waals surface area contributed by atoms with E-state index < -0.39 is 8.07 Å². The zero-order chi connectivity index (χ0) is 9.73. The largest absolute Gasteiger partial charge is 0.392 e. The number of hydrogen-bond acceptors (Lipinski definition) is 2. The third-order valence-electron chi connectivity index (χ3n) is 1.96. The van der Waals surface area contributed by atoms with Crippen molar-refractivity contribution in [3.05, 3.63) is 36.2 Å². The number of aliphatic hydroxyl groups excluding tert-OH is 1. The maximum absolute atomic E-state index is 8.69. The van der Waals surface area contributed by atoms with Gasteiger partial charge in [0.1, 0.15) is 8.07 Å². The summed E-state index contributed by atoms with van der Waals surface area (Å²) in [6.07, 6.45) is 3.62. The Labute approximate surface area is 80.0 Å². The molecule has 0 aliphatic heterocycles. The summed E-state index contributed by atoms with van der Waals surface area (Å²) >= 11 is 0. The van der Waals surface area contributed by atoms with Gasteiger partial charge < -0.3 is 5.11 Å². The zero-order valence-electron chi connectivity index (χ0n) is 8.07. The van der Waals surface area contributed by atoms with Crippen molar-refractivity contribution in [2.24, 2.45) is 0 Å². The standard InChI is InChI=1S/C10H15NOSi/c1-13(2,9-5-8-12)10-6-3-4-7-11-10/h3-7,9,12H,8H2,1-2H3. The molecule has 0 aliphatic carbocycles. The van der Waals surface area contributed by atoms with E-state index in [0.29, 0.717) is 0 Å². The molecule has 1 heterocycles. The Hall–Kier alpha value is -0.933. The summed E-state index contributed by atoms with van der Waals surface area (Å²) < 4.78 is 0. The maximum Gasteiger partial charge on any atom is 0.127 e. The van der Waals surface area contributed by atoms with E-state index in [-0.39, 0.29) is 6.61 Å². The lowest BCUT2D eigenvalue weighted by molar-refractivity contribution is 0.343. The second kappa shape index (κ2) is 4.34. The van der Waals surface area contributed by atoms with Crippen LogP contribution in [0.4, 0.5) is 0 Å². The minimum atomic E-state index is -1.55. The normalized spacial score (nSPS) is 12.2. The second-order valence-corrected chi connectivity index (χ2v) is 7.81. The van der Waals surface area contributed by atoms with E-state index in [2.05, 4.69) is 23.8 Å². The summed E-state index contributed by atoms with van der Waals surface area (Å²) in [5.41, 5.74) is 2.11. The van der Waals surface area contributed by atoms with Crippen LogP contribution in [0.25, 0.3) is 0 Å². The lowest BCUT2D eigenvalue weighted by atomic mass is 10.5. The molecule has 1 aromatic heterocycles. The first-order valence-electron chi connectivity index (χ1n) is 4.37. The van der Waals surface area contributed by atoms with E-state index in [1.54, 1.807) is 6.08 Å². The van der Waals surface area contributed by atoms with Gasteiger partial charge in [-0.15, -0.1) is 0 Å². The third-order valence-corrected chi connectivity index (χ3v) is 4.65. The smallest absolute Gasteiger partial charge is 0.127 e. The minimum absolute atomic E-state index is 0.114. The van der Waals surface area contributed by atoms with Gasteiger partial charge in [-0.2, -0.15) is 0 Å². The zero-order valence-corrected chi connectivity index (χ0v) is 9.07. The number of hydrogen-bond donors (Lipinski definition) is 1. The van der Waals surface area contributed by atoms with E-state index in [0.717, 1.165) is 5.32 Å². The molecule has 0 aliphatic rings. The Morgan fingerprint density at radius 2 is 2.23 bits per heavy atom. The fraction of sp³-hybridized carbons (Fsp3) is 0.300. The first-order valence-corrected chi connectivity index (χ1v) is 7.44. The number of rotatable bonds is 3. The van der Waals surface area contributed by atoms with Crippen LogP contribution in [0.1, 0.15) is 0 Å². The number of aromatic nitrogens is 1. The van der Waals surface area contributed by atoms with Crippen LogP contribution in [0.2, 0.25) is 13.1 Å². The van der Waals surface area contributed by atoms with Crippen molar-refractivity contribution in [2.45, 2.75) is 13.1 Å². The molecule has 2 nitrogen and oxygen atoms in total. The van der Waals surface area contributed by atoms with Crippen molar-refractivity contribution in [3.8, 4) is 0 Å². The van der Waals surface area contributed by atoms with Crippen molar-refractivity contribution in [1.29, 1.82) is 0 Å². The van der Waals surface area contributed by atoms with E-state index in [1.165, 1.54) is 0 Å². The van der Waals surface area contributed by atoms with Gasteiger partial charge in [0.15, 0.2) is 0 Å². The van der Waals surface area contributed by atoms with Crippen molar-refractivity contribution >= 4 is 13.4 Å². The molecule has 1 aromatic rings. The van der Waals surface area contributed by atoms with Crippen molar-refractivity contribution < 1.29 is 5.11 Å². The third kappa shape index (κ3) is 2.79. The highest BCUT2D eigenvalue weighted by Crippen LogP contribution is 2.02. The molecule has 0 saturated carbocycles. The number of aliphatic hydroxyl groups is 1. The van der Waals surface area contributed by atoms with Crippen molar-refractivity contribution in [2.75, 3.05) is 6.61 Å². The van der Waals surface area contributed by atoms with E-state index in [1.807, 2.05) is 24.4 Å². The Morgan fingerprint density at radius 1 is 1.46 bits per heavy atom. The molecule has 0 unspecified atom stereocenters. The first kappa shape index (κ1) is 10.1. The first-order chi connectivity index (χ1) is 6.17. The topological polar surface area (TPSA) is 33.1 Å². The van der Waals surface area contributed by atoms with Gasteiger partial charge in [-0.05, 0) is 12.1 Å². The van der Waals surface area contributed by atoms with Crippen LogP contribution < -0.4 is 5.32 Å². The Kier molecular flexibility index (Phi) is 3.39. The molecular weight excluding hydrogens is 178 g/mol. The average molecular weight is 193 g/mol. The highest BCUT2D eigenvalue weighted by molar-refractivity contribution is 6.93. The van der Waals surface area contributed by atoms with E-state index in [9.17, 15) is 0 Å². The molecule has 0 radical (unpaired) electrons. The quantitative estimate of drug-likeness (QED) is 0.729. The SMILES string of the molecule is C[Si](C)(C=CCO)c1ccccn1. The predicted molar refractivity (Wildman–Crippen MR) is 57.6 cm³/mol. The van der Waals surface area contributed by atoms with Crippen LogP contribution in [0.5, 0.6) is 0 Å². The maximum atomic E-state index is 8.69. The summed E-state index contributed by atoms with van der Waals surface area (Å²) in [5, 5.41) is 9.84. The van der Waals surface area contributed by atoms with Gasteiger partial charge in [0.05, 0.1) is 6.61 Å². The van der Waals surface area contributed by atoms with Gasteiger partial charge in [0.2, 0.25) is 0 Å². The molecule has 0 amide bonds. The molecule has 13 heavy (non-hydrogen) atoms. The molecule has 70 valence electrons. The van der Waals surface area contributed by atoms with Crippen LogP contribution in [-0.4, -0.2) is 24.8 Å². The van der Waals surface area contributed by atoms with Crippen LogP contribution in [0.15, 0.2) is 36.2 Å². The molecule has 0 spiro atoms. The average Bonchev–Trinajstić information content (AvgIpc) is 2.16. The molecule has 0 aromatic carbocycles. The van der Waals surface area contributed by atoms with Gasteiger partial charge >= 0.3 is 0 Å². The summed E-state index contributed by atoms with van der Waals surface area (Å²) in [7, 11) is -1.55. The van der Waals surface area contributed by atoms with Crippen LogP contribution in [0, 0.1) is 0 Å².